The van der Waals surface area contributed by atoms with E-state index in [1.54, 1.807) is 20.3 Å². The first-order valence-corrected chi connectivity index (χ1v) is 17.0. The van der Waals surface area contributed by atoms with E-state index in [9.17, 15) is 39.9 Å². The third kappa shape index (κ3) is 15.2. The number of Topliss-reactive ketones (excluding diaryl/α,β-unsaturated/α-hetero) is 1. The molecular weight excluding hydrogens is 819 g/mol. The fourth-order valence-corrected chi connectivity index (χ4v) is 4.18. The normalized spacial score (nSPS) is 9.76. The van der Waals surface area contributed by atoms with Crippen molar-refractivity contribution in [1.82, 2.24) is 0 Å². The molecule has 0 aliphatic carbocycles. The van der Waals surface area contributed by atoms with Crippen LogP contribution in [0.1, 0.15) is 33.2 Å². The summed E-state index contributed by atoms with van der Waals surface area (Å²) in [6.45, 7) is 1.70. The molecule has 17 nitrogen and oxygen atoms in total. The molecule has 0 aliphatic heterocycles. The second kappa shape index (κ2) is 24.4. The summed E-state index contributed by atoms with van der Waals surface area (Å²) in [5.41, 5.74) is 1.12. The molecule has 296 valence electrons. The van der Waals surface area contributed by atoms with Crippen LogP contribution >= 0.6 is 11.6 Å². The average Bonchev–Trinajstić information content (AvgIpc) is 3.13. The molecule has 0 bridgehead atoms. The quantitative estimate of drug-likeness (QED) is 0.0253. The van der Waals surface area contributed by atoms with Crippen LogP contribution in [0.15, 0.2) is 75.9 Å². The summed E-state index contributed by atoms with van der Waals surface area (Å²) in [6, 6.07) is 14.7. The van der Waals surface area contributed by atoms with Crippen molar-refractivity contribution < 1.29 is 76.4 Å². The molecule has 5 aromatic rings. The van der Waals surface area contributed by atoms with Gasteiger partial charge in [0.1, 0.15) is 57.6 Å². The third-order valence-electron chi connectivity index (χ3n) is 6.44. The number of aromatic hydroxyl groups is 7. The van der Waals surface area contributed by atoms with Gasteiger partial charge in [0.25, 0.3) is 0 Å². The van der Waals surface area contributed by atoms with Crippen LogP contribution in [0.4, 0.5) is 0 Å². The summed E-state index contributed by atoms with van der Waals surface area (Å²) >= 11 is 3.34. The molecule has 0 unspecified atom stereocenters. The number of phenols is 7. The van der Waals surface area contributed by atoms with E-state index in [4.69, 9.17) is 48.1 Å². The van der Waals surface area contributed by atoms with Gasteiger partial charge in [-0.05, 0) is 61.0 Å². The van der Waals surface area contributed by atoms with Crippen molar-refractivity contribution in [3.63, 3.8) is 0 Å². The van der Waals surface area contributed by atoms with Crippen molar-refractivity contribution in [1.29, 1.82) is 0 Å². The summed E-state index contributed by atoms with van der Waals surface area (Å²) in [4.78, 5) is 33.5. The number of fused-ring (bicyclic) bond motifs is 1. The van der Waals surface area contributed by atoms with Gasteiger partial charge in [-0.2, -0.15) is 0 Å². The Labute approximate surface area is 323 Å². The Bertz CT molecular complexity index is 2130. The number of aldehydes is 1. The number of phenolic OH excluding ortho intramolecular Hbond substituents is 7. The minimum atomic E-state index is -1.62. The summed E-state index contributed by atoms with van der Waals surface area (Å²) in [6.07, 6.45) is 0.596. The number of ketones is 1. The van der Waals surface area contributed by atoms with E-state index in [0.29, 0.717) is 35.8 Å². The molecular formula is C36H37ClO17Se. The predicted octanol–water partition coefficient (Wildman–Crippen LogP) is 5.13. The zero-order valence-corrected chi connectivity index (χ0v) is 32.0. The van der Waals surface area contributed by atoms with E-state index in [0.717, 1.165) is 17.7 Å². The largest absolute Gasteiger partial charge is 0.508 e. The molecule has 7 N–H and O–H groups in total. The van der Waals surface area contributed by atoms with E-state index in [-0.39, 0.29) is 75.1 Å². The molecule has 0 aliphatic rings. The van der Waals surface area contributed by atoms with Crippen molar-refractivity contribution in [3.05, 3.63) is 93.6 Å². The number of methoxy groups -OCH3 is 3. The van der Waals surface area contributed by atoms with Crippen molar-refractivity contribution in [2.75, 3.05) is 34.2 Å². The fourth-order valence-electron chi connectivity index (χ4n) is 4.18. The van der Waals surface area contributed by atoms with Gasteiger partial charge in [-0.1, -0.05) is 11.6 Å². The van der Waals surface area contributed by atoms with Crippen LogP contribution in [-0.2, 0) is 28.5 Å². The van der Waals surface area contributed by atoms with Crippen molar-refractivity contribution in [3.8, 4) is 57.3 Å². The summed E-state index contributed by atoms with van der Waals surface area (Å²) in [5, 5.41) is 65.2. The van der Waals surface area contributed by atoms with Crippen LogP contribution < -0.4 is 10.2 Å². The molecule has 0 amide bonds. The number of carbonyl (C=O) groups is 2. The molecule has 4 aromatic carbocycles. The fraction of sp³-hybridized carbons (Fsp3) is 0.194. The monoisotopic (exact) mass is 856 g/mol. The van der Waals surface area contributed by atoms with Crippen LogP contribution in [0.25, 0.3) is 22.3 Å². The average molecular weight is 856 g/mol. The van der Waals surface area contributed by atoms with Crippen LogP contribution in [0, 0.1) is 0 Å². The first-order valence-electron chi connectivity index (χ1n) is 15.1. The number of carbonyl (C=O) groups excluding carboxylic acids is 2. The summed E-state index contributed by atoms with van der Waals surface area (Å²) in [5.74, 6) is -1.70. The predicted molar refractivity (Wildman–Crippen MR) is 196 cm³/mol. The van der Waals surface area contributed by atoms with Crippen LogP contribution in [0.5, 0.6) is 46.0 Å². The van der Waals surface area contributed by atoms with Gasteiger partial charge >= 0.3 is 22.5 Å². The number of halogens is 1. The number of alkyl halides is 1. The number of hydrogen-bond acceptors (Lipinski definition) is 17. The molecule has 1 heterocycles. The SMILES string of the molecule is COCCl.COCOc1cc(COC)cc(O)c1C(C)=O.O=Cc1ccc(O)c(O)c1.O=[Se]=O.O=c1cc(-c2ccc(O)c(O)c2)oc2cc(O)cc(O)c12. The molecule has 1 aromatic heterocycles. The van der Waals surface area contributed by atoms with E-state index in [2.05, 4.69) is 4.74 Å². The van der Waals surface area contributed by atoms with Gasteiger partial charge in [0.15, 0.2) is 41.0 Å². The first-order chi connectivity index (χ1) is 26.1. The third-order valence-corrected chi connectivity index (χ3v) is 6.65. The number of benzene rings is 4. The Kier molecular flexibility index (Phi) is 20.9. The van der Waals surface area contributed by atoms with Crippen molar-refractivity contribution >= 4 is 49.5 Å². The molecule has 0 saturated heterocycles. The molecule has 55 heavy (non-hydrogen) atoms. The van der Waals surface area contributed by atoms with E-state index in [1.807, 2.05) is 0 Å². The first kappa shape index (κ1) is 47.1. The number of ether oxygens (including phenoxy) is 4. The molecule has 0 radical (unpaired) electrons. The standard InChI is InChI=1S/C15H10O6.C12H16O5.C7H6O3.C2H5ClO.O2Se/c16-8-4-11(19)15-12(20)6-13(21-14(15)5-8)7-1-2-9(17)10(18)3-7;1-8(13)12-10(14)4-9(6-15-2)5-11(12)17-7-16-3;8-4-5-1-2-6(9)7(10)3-5;1-4-2-3;1-3-2/h1-6,16-19H;4-5,14H,6-7H2,1-3H3;1-4,9-10H;2H2,1H3;. The van der Waals surface area contributed by atoms with Gasteiger partial charge in [0.05, 0.1) is 6.61 Å². The second-order valence-electron chi connectivity index (χ2n) is 10.4. The van der Waals surface area contributed by atoms with Gasteiger partial charge < -0.3 is 59.1 Å². The Morgan fingerprint density at radius 1 is 0.764 bits per heavy atom. The van der Waals surface area contributed by atoms with Crippen molar-refractivity contribution in [2.45, 2.75) is 13.5 Å². The van der Waals surface area contributed by atoms with Crippen LogP contribution in [0.3, 0.4) is 0 Å². The maximum absolute atomic E-state index is 12.0. The van der Waals surface area contributed by atoms with E-state index >= 15 is 0 Å². The van der Waals surface area contributed by atoms with Crippen LogP contribution in [0.2, 0.25) is 0 Å². The summed E-state index contributed by atoms with van der Waals surface area (Å²) < 4.78 is 41.6. The Hall–Kier alpha value is -5.88. The molecule has 0 spiro atoms. The molecule has 5 rings (SSSR count). The maximum Gasteiger partial charge on any atom is 0.197 e. The van der Waals surface area contributed by atoms with Gasteiger partial charge in [-0.3, -0.25) is 14.4 Å². The minimum Gasteiger partial charge on any atom is -0.508 e. The van der Waals surface area contributed by atoms with Gasteiger partial charge in [0.2, 0.25) is 0 Å². The molecule has 0 fully saturated rings. The zero-order chi connectivity index (χ0) is 41.7. The molecule has 0 saturated carbocycles. The Morgan fingerprint density at radius 2 is 1.36 bits per heavy atom. The topological polar surface area (TPSA) is 277 Å². The molecule has 19 heteroatoms. The Morgan fingerprint density at radius 3 is 1.87 bits per heavy atom. The molecule has 0 atom stereocenters. The van der Waals surface area contributed by atoms with Gasteiger partial charge in [-0.15, -0.1) is 0 Å². The minimum absolute atomic E-state index is 0.0101. The van der Waals surface area contributed by atoms with Gasteiger partial charge in [0, 0.05) is 50.7 Å². The zero-order valence-electron chi connectivity index (χ0n) is 29.5. The summed E-state index contributed by atoms with van der Waals surface area (Å²) in [7, 11) is 4.57. The van der Waals surface area contributed by atoms with Crippen LogP contribution in [-0.4, -0.2) is 96.8 Å². The van der Waals surface area contributed by atoms with E-state index in [1.165, 1.54) is 62.6 Å². The van der Waals surface area contributed by atoms with E-state index < -0.39 is 20.2 Å². The van der Waals surface area contributed by atoms with Gasteiger partial charge in [-0.25, -0.2) is 0 Å². The number of hydrogen-bond donors (Lipinski definition) is 7. The van der Waals surface area contributed by atoms with Crippen molar-refractivity contribution in [2.24, 2.45) is 0 Å². The Balaban J connectivity index is 0.000000397. The number of rotatable bonds is 9. The smallest absolute Gasteiger partial charge is 0.197 e. The second-order valence-corrected chi connectivity index (χ2v) is 10.9. The maximum atomic E-state index is 12.0.